The number of benzene rings is 1. The Bertz CT molecular complexity index is 946. The first-order valence-corrected chi connectivity index (χ1v) is 12.8. The van der Waals surface area contributed by atoms with E-state index in [4.69, 9.17) is 9.47 Å². The van der Waals surface area contributed by atoms with Gasteiger partial charge in [-0.2, -0.15) is 0 Å². The number of likely N-dealkylation sites (N-methyl/N-ethyl adjacent to an activating group) is 1. The molecule has 2 heterocycles. The molecule has 1 aliphatic rings. The Morgan fingerprint density at radius 2 is 2.15 bits per heavy atom. The molecule has 1 amide bonds. The van der Waals surface area contributed by atoms with Crippen molar-refractivity contribution in [2.24, 2.45) is 0 Å². The maximum atomic E-state index is 14.4. The molecule has 1 saturated heterocycles. The average molecular weight is 493 g/mol. The van der Waals surface area contributed by atoms with Gasteiger partial charge in [-0.15, -0.1) is 11.3 Å². The van der Waals surface area contributed by atoms with Crippen molar-refractivity contribution in [3.63, 3.8) is 0 Å². The van der Waals surface area contributed by atoms with Crippen LogP contribution >= 0.6 is 11.3 Å². The van der Waals surface area contributed by atoms with E-state index in [1.165, 1.54) is 17.4 Å². The quantitative estimate of drug-likeness (QED) is 0.408. The molecule has 1 unspecified atom stereocenters. The number of thiazole rings is 1. The number of halogens is 1. The molecule has 34 heavy (non-hydrogen) atoms. The second-order valence-electron chi connectivity index (χ2n) is 9.74. The number of hydrogen-bond donors (Lipinski definition) is 1. The second-order valence-corrected chi connectivity index (χ2v) is 10.6. The number of rotatable bonds is 10. The number of carbonyl (C=O) groups is 1. The number of ether oxygens (including phenoxy) is 2. The van der Waals surface area contributed by atoms with Crippen molar-refractivity contribution in [3.05, 3.63) is 35.1 Å². The maximum absolute atomic E-state index is 14.4. The van der Waals surface area contributed by atoms with Crippen molar-refractivity contribution >= 4 is 28.2 Å². The van der Waals surface area contributed by atoms with Crippen LogP contribution in [-0.4, -0.2) is 59.3 Å². The van der Waals surface area contributed by atoms with E-state index >= 15 is 0 Å². The molecule has 1 atom stereocenters. The summed E-state index contributed by atoms with van der Waals surface area (Å²) in [5.41, 5.74) is 1.09. The molecule has 9 heteroatoms. The minimum absolute atomic E-state index is 0.122. The van der Waals surface area contributed by atoms with Crippen molar-refractivity contribution in [1.29, 1.82) is 0 Å². The van der Waals surface area contributed by atoms with Gasteiger partial charge in [-0.25, -0.2) is 14.2 Å². The van der Waals surface area contributed by atoms with Gasteiger partial charge in [0.2, 0.25) is 0 Å². The Hall–Kier alpha value is -2.39. The van der Waals surface area contributed by atoms with Gasteiger partial charge < -0.3 is 19.7 Å². The molecule has 0 spiro atoms. The molecule has 1 aromatic heterocycles. The number of unbranched alkanes of at least 4 members (excludes halogenated alkanes) is 2. The molecule has 188 valence electrons. The molecule has 0 aliphatic carbocycles. The number of nitrogens with zero attached hydrogens (tertiary/aromatic N) is 3. The van der Waals surface area contributed by atoms with Gasteiger partial charge in [0.05, 0.1) is 12.3 Å². The van der Waals surface area contributed by atoms with E-state index in [-0.39, 0.29) is 23.7 Å². The highest BCUT2D eigenvalue weighted by Crippen LogP contribution is 2.27. The normalized spacial score (nSPS) is 16.5. The van der Waals surface area contributed by atoms with Crippen LogP contribution in [0.3, 0.4) is 0 Å². The van der Waals surface area contributed by atoms with Crippen LogP contribution in [0.25, 0.3) is 0 Å². The van der Waals surface area contributed by atoms with E-state index < -0.39 is 5.60 Å². The Morgan fingerprint density at radius 3 is 2.85 bits per heavy atom. The maximum Gasteiger partial charge on any atom is 0.410 e. The molecule has 0 saturated carbocycles. The lowest BCUT2D eigenvalue weighted by Crippen LogP contribution is -2.42. The van der Waals surface area contributed by atoms with Gasteiger partial charge in [-0.3, -0.25) is 4.90 Å². The van der Waals surface area contributed by atoms with Crippen LogP contribution in [0, 0.1) is 5.82 Å². The minimum atomic E-state index is -0.501. The summed E-state index contributed by atoms with van der Waals surface area (Å²) in [4.78, 5) is 21.0. The van der Waals surface area contributed by atoms with Crippen molar-refractivity contribution in [1.82, 2.24) is 14.8 Å². The predicted molar refractivity (Wildman–Crippen MR) is 134 cm³/mol. The molecule has 3 rings (SSSR count). The van der Waals surface area contributed by atoms with E-state index in [9.17, 15) is 9.18 Å². The zero-order valence-corrected chi connectivity index (χ0v) is 21.7. The third-order valence-electron chi connectivity index (χ3n) is 5.60. The van der Waals surface area contributed by atoms with Gasteiger partial charge in [0.15, 0.2) is 16.7 Å². The van der Waals surface area contributed by atoms with Crippen molar-refractivity contribution < 1.29 is 18.7 Å². The van der Waals surface area contributed by atoms with Gasteiger partial charge in [-0.05, 0) is 45.7 Å². The SMILES string of the molecule is CCCCCOc1ccc(Nc2nc(CN3CCC(N(C)C(=O)OC(C)(C)C)C3)cs2)cc1F. The van der Waals surface area contributed by atoms with Crippen molar-refractivity contribution in [2.45, 2.75) is 71.6 Å². The van der Waals surface area contributed by atoms with Crippen LogP contribution in [0.15, 0.2) is 23.6 Å². The first-order chi connectivity index (χ1) is 16.1. The Kier molecular flexibility index (Phi) is 9.13. The zero-order chi connectivity index (χ0) is 24.7. The summed E-state index contributed by atoms with van der Waals surface area (Å²) in [6.45, 7) is 10.6. The standard InChI is InChI=1S/C25H37FN4O3S/c1-6-7-8-13-32-22-10-9-18(14-21(22)26)27-23-28-19(17-34-23)15-30-12-11-20(16-30)29(5)24(31)33-25(2,3)4/h9-10,14,17,20H,6-8,11-13,15-16H2,1-5H3,(H,27,28). The number of hydrogen-bond acceptors (Lipinski definition) is 7. The van der Waals surface area contributed by atoms with Crippen LogP contribution in [0.2, 0.25) is 0 Å². The van der Waals surface area contributed by atoms with Crippen LogP contribution in [0.4, 0.5) is 20.0 Å². The molecule has 1 aromatic carbocycles. The average Bonchev–Trinajstić information content (AvgIpc) is 3.40. The first-order valence-electron chi connectivity index (χ1n) is 12.0. The summed E-state index contributed by atoms with van der Waals surface area (Å²) in [6, 6.07) is 5.02. The fourth-order valence-corrected chi connectivity index (χ4v) is 4.50. The topological polar surface area (TPSA) is 66.9 Å². The molecule has 1 N–H and O–H groups in total. The molecule has 0 bridgehead atoms. The van der Waals surface area contributed by atoms with E-state index in [1.54, 1.807) is 24.1 Å². The fourth-order valence-electron chi connectivity index (χ4n) is 3.77. The van der Waals surface area contributed by atoms with E-state index in [0.29, 0.717) is 24.0 Å². The summed E-state index contributed by atoms with van der Waals surface area (Å²) in [7, 11) is 1.80. The van der Waals surface area contributed by atoms with E-state index in [2.05, 4.69) is 22.1 Å². The number of nitrogens with one attached hydrogen (secondary N) is 1. The molecule has 2 aromatic rings. The summed E-state index contributed by atoms with van der Waals surface area (Å²) in [5, 5.41) is 5.91. The lowest BCUT2D eigenvalue weighted by atomic mass is 10.2. The van der Waals surface area contributed by atoms with Gasteiger partial charge in [0, 0.05) is 49.9 Å². The molecule has 1 fully saturated rings. The first kappa shape index (κ1) is 26.2. The molecule has 0 radical (unpaired) electrons. The molecular weight excluding hydrogens is 455 g/mol. The summed E-state index contributed by atoms with van der Waals surface area (Å²) in [5.74, 6) is -0.100. The Morgan fingerprint density at radius 1 is 1.35 bits per heavy atom. The van der Waals surface area contributed by atoms with Crippen LogP contribution in [0.1, 0.15) is 59.1 Å². The minimum Gasteiger partial charge on any atom is -0.491 e. The molecule has 1 aliphatic heterocycles. The summed E-state index contributed by atoms with van der Waals surface area (Å²) in [6.07, 6.45) is 3.71. The highest BCUT2D eigenvalue weighted by Gasteiger charge is 2.31. The number of likely N-dealkylation sites (tertiary alicyclic amines) is 1. The summed E-state index contributed by atoms with van der Waals surface area (Å²) >= 11 is 1.49. The van der Waals surface area contributed by atoms with Crippen molar-refractivity contribution in [2.75, 3.05) is 32.1 Å². The number of amides is 1. The van der Waals surface area contributed by atoms with Crippen LogP contribution in [-0.2, 0) is 11.3 Å². The van der Waals surface area contributed by atoms with Crippen LogP contribution in [0.5, 0.6) is 5.75 Å². The summed E-state index contributed by atoms with van der Waals surface area (Å²) < 4.78 is 25.4. The number of carbonyl (C=O) groups excluding carboxylic acids is 1. The van der Waals surface area contributed by atoms with E-state index in [0.717, 1.165) is 44.5 Å². The zero-order valence-electron chi connectivity index (χ0n) is 20.9. The third kappa shape index (κ3) is 7.84. The Labute approximate surface area is 206 Å². The largest absolute Gasteiger partial charge is 0.491 e. The lowest BCUT2D eigenvalue weighted by Gasteiger charge is -2.28. The molecular formula is C25H37FN4O3S. The van der Waals surface area contributed by atoms with Gasteiger partial charge in [0.25, 0.3) is 0 Å². The van der Waals surface area contributed by atoms with Gasteiger partial charge in [-0.1, -0.05) is 19.8 Å². The fraction of sp³-hybridized carbons (Fsp3) is 0.600. The second kappa shape index (κ2) is 11.8. The van der Waals surface area contributed by atoms with E-state index in [1.807, 2.05) is 26.2 Å². The lowest BCUT2D eigenvalue weighted by molar-refractivity contribution is 0.0228. The number of aromatic nitrogens is 1. The monoisotopic (exact) mass is 492 g/mol. The Balaban J connectivity index is 1.48. The smallest absolute Gasteiger partial charge is 0.410 e. The highest BCUT2D eigenvalue weighted by molar-refractivity contribution is 7.13. The third-order valence-corrected chi connectivity index (χ3v) is 6.41. The highest BCUT2D eigenvalue weighted by atomic mass is 32.1. The number of anilines is 2. The van der Waals surface area contributed by atoms with Crippen molar-refractivity contribution in [3.8, 4) is 5.75 Å². The predicted octanol–water partition coefficient (Wildman–Crippen LogP) is 6.04. The van der Waals surface area contributed by atoms with Crippen LogP contribution < -0.4 is 10.1 Å². The van der Waals surface area contributed by atoms with Gasteiger partial charge >= 0.3 is 6.09 Å². The van der Waals surface area contributed by atoms with Gasteiger partial charge in [0.1, 0.15) is 5.60 Å². The molecule has 7 nitrogen and oxygen atoms in total.